The highest BCUT2D eigenvalue weighted by Crippen LogP contribution is 2.31. The fraction of sp³-hybridized carbons (Fsp3) is 0.217. The van der Waals surface area contributed by atoms with Crippen LogP contribution in [0.15, 0.2) is 54.6 Å². The van der Waals surface area contributed by atoms with Gasteiger partial charge in [0.1, 0.15) is 0 Å². The number of nitrogens with one attached hydrogen (secondary N) is 1. The van der Waals surface area contributed by atoms with E-state index in [1.165, 1.54) is 17.4 Å². The molecule has 3 rings (SSSR count). The van der Waals surface area contributed by atoms with E-state index in [4.69, 9.17) is 9.47 Å². The molecule has 1 heterocycles. The number of nitrogens with zero attached hydrogens (tertiary/aromatic N) is 1. The zero-order valence-electron chi connectivity index (χ0n) is 16.9. The number of hydrogen-bond acceptors (Lipinski definition) is 5. The third kappa shape index (κ3) is 5.45. The average Bonchev–Trinajstić information content (AvgIpc) is 3.07. The minimum atomic E-state index is -0.236. The third-order valence-corrected chi connectivity index (χ3v) is 4.94. The van der Waals surface area contributed by atoms with E-state index >= 15 is 0 Å². The first kappa shape index (κ1) is 20.6. The van der Waals surface area contributed by atoms with Crippen LogP contribution in [0.5, 0.6) is 11.5 Å². The van der Waals surface area contributed by atoms with E-state index in [1.54, 1.807) is 13.2 Å². The monoisotopic (exact) mass is 408 g/mol. The number of benzene rings is 2. The molecule has 0 fully saturated rings. The zero-order valence-corrected chi connectivity index (χ0v) is 17.7. The van der Waals surface area contributed by atoms with Crippen LogP contribution in [-0.2, 0) is 4.79 Å². The van der Waals surface area contributed by atoms with E-state index in [-0.39, 0.29) is 12.0 Å². The molecule has 0 unspecified atom stereocenters. The molecule has 0 saturated carbocycles. The SMILES string of the molecule is COc1cc(C=CC(=O)Nc2nc(-c3ccccc3)c(C)s2)ccc1OC(C)C. The number of rotatable bonds is 7. The van der Waals surface area contributed by atoms with Crippen molar-refractivity contribution in [2.45, 2.75) is 26.9 Å². The molecule has 1 amide bonds. The maximum Gasteiger partial charge on any atom is 0.250 e. The summed E-state index contributed by atoms with van der Waals surface area (Å²) in [5.41, 5.74) is 2.77. The van der Waals surface area contributed by atoms with Crippen molar-refractivity contribution in [2.75, 3.05) is 12.4 Å². The van der Waals surface area contributed by atoms with Gasteiger partial charge in [-0.1, -0.05) is 36.4 Å². The van der Waals surface area contributed by atoms with Gasteiger partial charge < -0.3 is 9.47 Å². The molecule has 0 aliphatic rings. The summed E-state index contributed by atoms with van der Waals surface area (Å²) in [7, 11) is 1.60. The molecule has 1 N–H and O–H groups in total. The molecule has 5 nitrogen and oxygen atoms in total. The molecule has 29 heavy (non-hydrogen) atoms. The van der Waals surface area contributed by atoms with Gasteiger partial charge >= 0.3 is 0 Å². The van der Waals surface area contributed by atoms with Crippen LogP contribution in [-0.4, -0.2) is 24.1 Å². The summed E-state index contributed by atoms with van der Waals surface area (Å²) in [5, 5.41) is 3.41. The van der Waals surface area contributed by atoms with Crippen LogP contribution in [0.25, 0.3) is 17.3 Å². The van der Waals surface area contributed by atoms with Gasteiger partial charge in [0.05, 0.1) is 18.9 Å². The Hall–Kier alpha value is -3.12. The van der Waals surface area contributed by atoms with E-state index in [0.29, 0.717) is 16.6 Å². The molecule has 3 aromatic rings. The third-order valence-electron chi connectivity index (χ3n) is 4.05. The van der Waals surface area contributed by atoms with Crippen molar-refractivity contribution in [2.24, 2.45) is 0 Å². The number of aromatic nitrogens is 1. The highest BCUT2D eigenvalue weighted by Gasteiger charge is 2.11. The topological polar surface area (TPSA) is 60.5 Å². The molecule has 1 aromatic heterocycles. The maximum atomic E-state index is 12.3. The van der Waals surface area contributed by atoms with Gasteiger partial charge in [-0.3, -0.25) is 10.1 Å². The molecule has 150 valence electrons. The van der Waals surface area contributed by atoms with Gasteiger partial charge in [0.25, 0.3) is 0 Å². The fourth-order valence-corrected chi connectivity index (χ4v) is 3.61. The fourth-order valence-electron chi connectivity index (χ4n) is 2.77. The largest absolute Gasteiger partial charge is 0.493 e. The lowest BCUT2D eigenvalue weighted by Gasteiger charge is -2.13. The maximum absolute atomic E-state index is 12.3. The number of carbonyl (C=O) groups excluding carboxylic acids is 1. The first-order chi connectivity index (χ1) is 14.0. The van der Waals surface area contributed by atoms with Crippen molar-refractivity contribution in [3.8, 4) is 22.8 Å². The first-order valence-corrected chi connectivity index (χ1v) is 10.1. The lowest BCUT2D eigenvalue weighted by molar-refractivity contribution is -0.111. The molecule has 0 atom stereocenters. The Balaban J connectivity index is 1.69. The second kappa shape index (κ2) is 9.39. The first-order valence-electron chi connectivity index (χ1n) is 9.33. The van der Waals surface area contributed by atoms with Crippen LogP contribution in [0.2, 0.25) is 0 Å². The minimum Gasteiger partial charge on any atom is -0.493 e. The van der Waals surface area contributed by atoms with E-state index in [9.17, 15) is 4.79 Å². The molecule has 0 aliphatic carbocycles. The number of hydrogen-bond donors (Lipinski definition) is 1. The van der Waals surface area contributed by atoms with Crippen LogP contribution in [0.3, 0.4) is 0 Å². The Morgan fingerprint density at radius 2 is 1.90 bits per heavy atom. The van der Waals surface area contributed by atoms with E-state index in [2.05, 4.69) is 10.3 Å². The molecular weight excluding hydrogens is 384 g/mol. The van der Waals surface area contributed by atoms with Gasteiger partial charge in [-0.05, 0) is 44.5 Å². The molecule has 0 spiro atoms. The van der Waals surface area contributed by atoms with E-state index in [1.807, 2.05) is 69.3 Å². The Labute approximate surface area is 175 Å². The summed E-state index contributed by atoms with van der Waals surface area (Å²) >= 11 is 1.46. The Kier molecular flexibility index (Phi) is 6.67. The second-order valence-electron chi connectivity index (χ2n) is 6.69. The minimum absolute atomic E-state index is 0.0543. The van der Waals surface area contributed by atoms with Gasteiger partial charge in [0.15, 0.2) is 16.6 Å². The highest BCUT2D eigenvalue weighted by molar-refractivity contribution is 7.16. The number of carbonyl (C=O) groups is 1. The summed E-state index contributed by atoms with van der Waals surface area (Å²) < 4.78 is 11.1. The smallest absolute Gasteiger partial charge is 0.250 e. The van der Waals surface area contributed by atoms with Crippen molar-refractivity contribution in [3.05, 3.63) is 65.0 Å². The van der Waals surface area contributed by atoms with Crippen LogP contribution in [0, 0.1) is 6.92 Å². The summed E-state index contributed by atoms with van der Waals surface area (Å²) in [4.78, 5) is 17.9. The Bertz CT molecular complexity index is 1010. The van der Waals surface area contributed by atoms with Gasteiger partial charge in [0.2, 0.25) is 5.91 Å². The van der Waals surface area contributed by atoms with Crippen molar-refractivity contribution in [1.29, 1.82) is 0 Å². The van der Waals surface area contributed by atoms with Gasteiger partial charge in [-0.25, -0.2) is 4.98 Å². The van der Waals surface area contributed by atoms with Crippen LogP contribution >= 0.6 is 11.3 Å². The van der Waals surface area contributed by atoms with Gasteiger partial charge in [-0.2, -0.15) is 0 Å². The quantitative estimate of drug-likeness (QED) is 0.520. The lowest BCUT2D eigenvalue weighted by atomic mass is 10.1. The number of thiazole rings is 1. The summed E-state index contributed by atoms with van der Waals surface area (Å²) in [5.74, 6) is 1.07. The van der Waals surface area contributed by atoms with Gasteiger partial charge in [0, 0.05) is 16.5 Å². The number of anilines is 1. The molecule has 0 radical (unpaired) electrons. The molecule has 2 aromatic carbocycles. The zero-order chi connectivity index (χ0) is 20.8. The number of aryl methyl sites for hydroxylation is 1. The summed E-state index contributed by atoms with van der Waals surface area (Å²) in [6.07, 6.45) is 3.27. The van der Waals surface area contributed by atoms with Crippen LogP contribution in [0.4, 0.5) is 5.13 Å². The van der Waals surface area contributed by atoms with Crippen molar-refractivity contribution in [1.82, 2.24) is 4.98 Å². The molecule has 0 aliphatic heterocycles. The lowest BCUT2D eigenvalue weighted by Crippen LogP contribution is -2.07. The van der Waals surface area contributed by atoms with E-state index in [0.717, 1.165) is 21.7 Å². The normalized spacial score (nSPS) is 11.1. The second-order valence-corrected chi connectivity index (χ2v) is 7.89. The van der Waals surface area contributed by atoms with Crippen molar-refractivity contribution < 1.29 is 14.3 Å². The van der Waals surface area contributed by atoms with E-state index < -0.39 is 0 Å². The number of methoxy groups -OCH3 is 1. The predicted molar refractivity (Wildman–Crippen MR) is 119 cm³/mol. The molecular formula is C23H24N2O3S. The van der Waals surface area contributed by atoms with Crippen LogP contribution < -0.4 is 14.8 Å². The predicted octanol–water partition coefficient (Wildman–Crippen LogP) is 5.57. The molecule has 0 bridgehead atoms. The number of ether oxygens (including phenoxy) is 2. The van der Waals surface area contributed by atoms with Crippen LogP contribution in [0.1, 0.15) is 24.3 Å². The van der Waals surface area contributed by atoms with Crippen molar-refractivity contribution >= 4 is 28.5 Å². The van der Waals surface area contributed by atoms with Gasteiger partial charge in [-0.15, -0.1) is 11.3 Å². The molecule has 0 saturated heterocycles. The van der Waals surface area contributed by atoms with Crippen molar-refractivity contribution in [3.63, 3.8) is 0 Å². The Morgan fingerprint density at radius 3 is 2.59 bits per heavy atom. The standard InChI is InChI=1S/C23H24N2O3S/c1-15(2)28-19-12-10-17(14-20(19)27-4)11-13-21(26)24-23-25-22(16(3)29-23)18-8-6-5-7-9-18/h5-15H,1-4H3,(H,24,25,26). The summed E-state index contributed by atoms with van der Waals surface area (Å²) in [6.45, 7) is 5.92. The molecule has 6 heteroatoms. The highest BCUT2D eigenvalue weighted by atomic mass is 32.1. The number of amides is 1. The summed E-state index contributed by atoms with van der Waals surface area (Å²) in [6, 6.07) is 15.5. The Morgan fingerprint density at radius 1 is 1.14 bits per heavy atom. The average molecular weight is 409 g/mol.